The van der Waals surface area contributed by atoms with Gasteiger partial charge in [0.25, 0.3) is 5.89 Å². The Morgan fingerprint density at radius 1 is 0.909 bits per heavy atom. The summed E-state index contributed by atoms with van der Waals surface area (Å²) < 4.78 is 5.83. The molecule has 5 nitrogen and oxygen atoms in total. The van der Waals surface area contributed by atoms with Crippen LogP contribution in [0.1, 0.15) is 28.1 Å². The molecule has 0 saturated carbocycles. The van der Waals surface area contributed by atoms with Gasteiger partial charge in [0.1, 0.15) is 5.82 Å². The van der Waals surface area contributed by atoms with E-state index in [1.807, 2.05) is 31.3 Å². The Bertz CT molecular complexity index is 1480. The van der Waals surface area contributed by atoms with E-state index in [1.165, 1.54) is 11.1 Å². The molecule has 33 heavy (non-hydrogen) atoms. The summed E-state index contributed by atoms with van der Waals surface area (Å²) in [5, 5.41) is 9.67. The number of hydrogen-bond donors (Lipinski definition) is 1. The Morgan fingerprint density at radius 3 is 2.61 bits per heavy atom. The van der Waals surface area contributed by atoms with Crippen LogP contribution >= 0.6 is 0 Å². The van der Waals surface area contributed by atoms with Gasteiger partial charge in [-0.1, -0.05) is 65.8 Å². The van der Waals surface area contributed by atoms with E-state index in [1.54, 1.807) is 6.20 Å². The van der Waals surface area contributed by atoms with E-state index in [0.717, 1.165) is 33.0 Å². The number of nitrogens with zero attached hydrogens (tertiary/aromatic N) is 3. The number of aromatic nitrogens is 3. The molecule has 162 valence electrons. The molecule has 0 radical (unpaired) electrons. The first-order chi connectivity index (χ1) is 16.1. The predicted molar refractivity (Wildman–Crippen MR) is 134 cm³/mol. The average molecular weight is 433 g/mol. The largest absolute Gasteiger partial charge is 0.373 e. The van der Waals surface area contributed by atoms with Crippen molar-refractivity contribution >= 4 is 28.2 Å². The third-order valence-electron chi connectivity index (χ3n) is 5.86. The molecule has 2 heterocycles. The minimum absolute atomic E-state index is 0.463. The van der Waals surface area contributed by atoms with Crippen LogP contribution in [-0.2, 0) is 0 Å². The maximum Gasteiger partial charge on any atom is 0.258 e. The summed E-state index contributed by atoms with van der Waals surface area (Å²) in [4.78, 5) is 9.15. The van der Waals surface area contributed by atoms with Gasteiger partial charge in [-0.15, -0.1) is 0 Å². The van der Waals surface area contributed by atoms with Crippen LogP contribution in [0.2, 0.25) is 0 Å². The molecule has 0 aliphatic heterocycles. The Hall–Kier alpha value is -4.25. The lowest BCUT2D eigenvalue weighted by atomic mass is 9.95. The highest BCUT2D eigenvalue weighted by atomic mass is 16.5. The molecular weight excluding hydrogens is 408 g/mol. The number of fused-ring (bicyclic) bond motifs is 1. The Balaban J connectivity index is 1.71. The van der Waals surface area contributed by atoms with Crippen LogP contribution in [-0.4, -0.2) is 22.2 Å². The first kappa shape index (κ1) is 20.6. The number of anilines is 1. The van der Waals surface area contributed by atoms with Gasteiger partial charge in [0.2, 0.25) is 5.82 Å². The monoisotopic (exact) mass is 432 g/mol. The molecule has 0 atom stereocenters. The lowest BCUT2D eigenvalue weighted by Gasteiger charge is -2.09. The lowest BCUT2D eigenvalue weighted by molar-refractivity contribution is 0.409. The third kappa shape index (κ3) is 4.01. The normalized spacial score (nSPS) is 11.7. The van der Waals surface area contributed by atoms with Gasteiger partial charge < -0.3 is 9.84 Å². The molecule has 0 unspecified atom stereocenters. The van der Waals surface area contributed by atoms with Crippen molar-refractivity contribution in [2.24, 2.45) is 0 Å². The SMILES string of the molecule is CNc1ncccc1-c1noc(/C(=C\c2ccc(C)c(C)c2)c2cccc3ccccc23)n1. The zero-order valence-corrected chi connectivity index (χ0v) is 18.8. The maximum atomic E-state index is 5.83. The Morgan fingerprint density at radius 2 is 1.76 bits per heavy atom. The number of rotatable bonds is 5. The van der Waals surface area contributed by atoms with Crippen molar-refractivity contribution < 1.29 is 4.52 Å². The molecule has 0 aliphatic carbocycles. The smallest absolute Gasteiger partial charge is 0.258 e. The fraction of sp³-hybridized carbons (Fsp3) is 0.107. The van der Waals surface area contributed by atoms with E-state index in [0.29, 0.717) is 17.5 Å². The molecule has 0 amide bonds. The topological polar surface area (TPSA) is 63.8 Å². The van der Waals surface area contributed by atoms with Crippen molar-refractivity contribution in [3.8, 4) is 11.4 Å². The quantitative estimate of drug-likeness (QED) is 0.320. The van der Waals surface area contributed by atoms with Gasteiger partial charge in [-0.3, -0.25) is 0 Å². The van der Waals surface area contributed by atoms with Crippen LogP contribution in [0.5, 0.6) is 0 Å². The Labute approximate surface area is 192 Å². The molecule has 0 fully saturated rings. The van der Waals surface area contributed by atoms with E-state index >= 15 is 0 Å². The van der Waals surface area contributed by atoms with Gasteiger partial charge in [0, 0.05) is 18.8 Å². The zero-order valence-electron chi connectivity index (χ0n) is 18.8. The van der Waals surface area contributed by atoms with Crippen LogP contribution < -0.4 is 5.32 Å². The van der Waals surface area contributed by atoms with Crippen LogP contribution in [0.25, 0.3) is 33.8 Å². The van der Waals surface area contributed by atoms with Gasteiger partial charge in [-0.2, -0.15) is 4.98 Å². The van der Waals surface area contributed by atoms with Crippen molar-refractivity contribution in [1.29, 1.82) is 0 Å². The number of hydrogen-bond acceptors (Lipinski definition) is 5. The molecule has 5 heteroatoms. The molecular formula is C28H24N4O. The summed E-state index contributed by atoms with van der Waals surface area (Å²) in [6.45, 7) is 4.24. The van der Waals surface area contributed by atoms with E-state index in [4.69, 9.17) is 9.51 Å². The Kier molecular flexibility index (Phi) is 5.45. The van der Waals surface area contributed by atoms with E-state index < -0.39 is 0 Å². The molecule has 0 aliphatic rings. The van der Waals surface area contributed by atoms with Crippen LogP contribution in [0.15, 0.2) is 83.5 Å². The highest BCUT2D eigenvalue weighted by Gasteiger charge is 2.19. The first-order valence-electron chi connectivity index (χ1n) is 10.9. The fourth-order valence-electron chi connectivity index (χ4n) is 3.96. The summed E-state index contributed by atoms with van der Waals surface area (Å²) in [6, 6.07) is 24.8. The number of aryl methyl sites for hydroxylation is 2. The van der Waals surface area contributed by atoms with E-state index in [-0.39, 0.29) is 0 Å². The van der Waals surface area contributed by atoms with E-state index in [2.05, 4.69) is 83.9 Å². The molecule has 1 N–H and O–H groups in total. The summed E-state index contributed by atoms with van der Waals surface area (Å²) in [5.41, 5.74) is 6.29. The zero-order chi connectivity index (χ0) is 22.8. The number of benzene rings is 3. The molecule has 0 bridgehead atoms. The predicted octanol–water partition coefficient (Wildman–Crippen LogP) is 6.53. The maximum absolute atomic E-state index is 5.83. The average Bonchev–Trinajstić information content (AvgIpc) is 3.34. The first-order valence-corrected chi connectivity index (χ1v) is 10.9. The van der Waals surface area contributed by atoms with Crippen molar-refractivity contribution in [3.05, 3.63) is 107 Å². The van der Waals surface area contributed by atoms with Crippen LogP contribution in [0.4, 0.5) is 5.82 Å². The highest BCUT2D eigenvalue weighted by Crippen LogP contribution is 2.33. The van der Waals surface area contributed by atoms with Gasteiger partial charge in [-0.05, 0) is 65.1 Å². The highest BCUT2D eigenvalue weighted by molar-refractivity contribution is 6.01. The molecule has 0 saturated heterocycles. The second-order valence-electron chi connectivity index (χ2n) is 8.00. The molecule has 5 aromatic rings. The third-order valence-corrected chi connectivity index (χ3v) is 5.86. The minimum atomic E-state index is 0.463. The number of pyridine rings is 1. The minimum Gasteiger partial charge on any atom is -0.373 e. The van der Waals surface area contributed by atoms with Crippen LogP contribution in [0, 0.1) is 13.8 Å². The van der Waals surface area contributed by atoms with Gasteiger partial charge >= 0.3 is 0 Å². The molecule has 0 spiro atoms. The van der Waals surface area contributed by atoms with Crippen molar-refractivity contribution in [3.63, 3.8) is 0 Å². The molecule has 5 rings (SSSR count). The fourth-order valence-corrected chi connectivity index (χ4v) is 3.96. The van der Waals surface area contributed by atoms with Gasteiger partial charge in [-0.25, -0.2) is 4.98 Å². The second-order valence-corrected chi connectivity index (χ2v) is 8.00. The van der Waals surface area contributed by atoms with Crippen molar-refractivity contribution in [2.75, 3.05) is 12.4 Å². The number of nitrogens with one attached hydrogen (secondary N) is 1. The summed E-state index contributed by atoms with van der Waals surface area (Å²) >= 11 is 0. The van der Waals surface area contributed by atoms with Gasteiger partial charge in [0.05, 0.1) is 5.56 Å². The summed E-state index contributed by atoms with van der Waals surface area (Å²) in [5.74, 6) is 1.66. The summed E-state index contributed by atoms with van der Waals surface area (Å²) in [6.07, 6.45) is 3.85. The lowest BCUT2D eigenvalue weighted by Crippen LogP contribution is -1.96. The van der Waals surface area contributed by atoms with Gasteiger partial charge in [0.15, 0.2) is 0 Å². The molecule has 2 aromatic heterocycles. The second kappa shape index (κ2) is 8.71. The van der Waals surface area contributed by atoms with Crippen molar-refractivity contribution in [2.45, 2.75) is 13.8 Å². The summed E-state index contributed by atoms with van der Waals surface area (Å²) in [7, 11) is 1.83. The standard InChI is InChI=1S/C28H24N4O/c1-18-13-14-20(16-19(18)2)17-25(23-11-6-9-21-8-4-5-10-22(21)23)28-31-27(32-33-28)24-12-7-15-30-26(24)29-3/h4-17H,1-3H3,(H,29,30)/b25-17-. The van der Waals surface area contributed by atoms with E-state index in [9.17, 15) is 0 Å². The van der Waals surface area contributed by atoms with Crippen molar-refractivity contribution in [1.82, 2.24) is 15.1 Å². The molecule has 3 aromatic carbocycles. The van der Waals surface area contributed by atoms with Crippen LogP contribution in [0.3, 0.4) is 0 Å².